The Kier molecular flexibility index (Phi) is 6.03. The molecule has 3 amide bonds. The molecular formula is C14H18BrN3O5. The first-order valence-electron chi connectivity index (χ1n) is 7.15. The van der Waals surface area contributed by atoms with Crippen LogP contribution < -0.4 is 5.32 Å². The van der Waals surface area contributed by atoms with Crippen molar-refractivity contribution in [2.24, 2.45) is 0 Å². The Morgan fingerprint density at radius 1 is 1.22 bits per heavy atom. The van der Waals surface area contributed by atoms with Gasteiger partial charge in [0, 0.05) is 26.2 Å². The first kappa shape index (κ1) is 17.3. The van der Waals surface area contributed by atoms with Crippen LogP contribution in [0.3, 0.4) is 0 Å². The topological polar surface area (TPSA) is 92.1 Å². The Bertz CT molecular complexity index is 589. The number of rotatable bonds is 3. The molecule has 0 atom stereocenters. The van der Waals surface area contributed by atoms with Gasteiger partial charge in [-0.2, -0.15) is 0 Å². The highest BCUT2D eigenvalue weighted by molar-refractivity contribution is 9.10. The lowest BCUT2D eigenvalue weighted by atomic mass is 10.3. The Morgan fingerprint density at radius 3 is 2.57 bits per heavy atom. The number of carbonyl (C=O) groups is 3. The van der Waals surface area contributed by atoms with E-state index in [4.69, 9.17) is 4.42 Å². The third-order valence-corrected chi connectivity index (χ3v) is 3.90. The summed E-state index contributed by atoms with van der Waals surface area (Å²) in [6, 6.07) is 3.12. The van der Waals surface area contributed by atoms with E-state index >= 15 is 0 Å². The van der Waals surface area contributed by atoms with Crippen LogP contribution in [0.15, 0.2) is 21.2 Å². The van der Waals surface area contributed by atoms with Gasteiger partial charge in [0.2, 0.25) is 5.91 Å². The summed E-state index contributed by atoms with van der Waals surface area (Å²) in [6.45, 7) is 1.79. The number of hydrogen-bond acceptors (Lipinski definition) is 5. The fourth-order valence-electron chi connectivity index (χ4n) is 2.27. The van der Waals surface area contributed by atoms with Crippen LogP contribution in [-0.4, -0.2) is 67.5 Å². The predicted molar refractivity (Wildman–Crippen MR) is 83.9 cm³/mol. The van der Waals surface area contributed by atoms with E-state index in [2.05, 4.69) is 26.0 Å². The summed E-state index contributed by atoms with van der Waals surface area (Å²) in [6.07, 6.45) is 0.274. The van der Waals surface area contributed by atoms with E-state index in [0.717, 1.165) is 0 Å². The molecule has 0 unspecified atom stereocenters. The van der Waals surface area contributed by atoms with Crippen LogP contribution in [-0.2, 0) is 9.53 Å². The number of nitrogens with zero attached hydrogens (tertiary/aromatic N) is 2. The van der Waals surface area contributed by atoms with Crippen molar-refractivity contribution in [2.75, 3.05) is 39.8 Å². The fraction of sp³-hybridized carbons (Fsp3) is 0.500. The van der Waals surface area contributed by atoms with Gasteiger partial charge in [0.25, 0.3) is 5.91 Å². The zero-order valence-electron chi connectivity index (χ0n) is 12.7. The van der Waals surface area contributed by atoms with Gasteiger partial charge in [-0.3, -0.25) is 9.59 Å². The summed E-state index contributed by atoms with van der Waals surface area (Å²) >= 11 is 3.11. The molecule has 1 aromatic rings. The van der Waals surface area contributed by atoms with E-state index in [1.165, 1.54) is 13.2 Å². The van der Waals surface area contributed by atoms with Crippen molar-refractivity contribution in [3.8, 4) is 0 Å². The molecule has 126 valence electrons. The number of nitrogens with one attached hydrogen (secondary N) is 1. The first-order valence-corrected chi connectivity index (χ1v) is 7.94. The van der Waals surface area contributed by atoms with Gasteiger partial charge in [-0.15, -0.1) is 0 Å². The maximum atomic E-state index is 12.2. The minimum Gasteiger partial charge on any atom is -0.453 e. The largest absolute Gasteiger partial charge is 0.453 e. The smallest absolute Gasteiger partial charge is 0.409 e. The molecule has 9 heteroatoms. The molecule has 8 nitrogen and oxygen atoms in total. The fourth-order valence-corrected chi connectivity index (χ4v) is 2.58. The van der Waals surface area contributed by atoms with Crippen molar-refractivity contribution in [2.45, 2.75) is 6.42 Å². The van der Waals surface area contributed by atoms with E-state index in [1.807, 2.05) is 0 Å². The van der Waals surface area contributed by atoms with Crippen LogP contribution in [0.1, 0.15) is 17.0 Å². The number of carbonyl (C=O) groups excluding carboxylic acids is 3. The van der Waals surface area contributed by atoms with Crippen molar-refractivity contribution >= 4 is 33.8 Å². The molecule has 1 aromatic heterocycles. The van der Waals surface area contributed by atoms with Gasteiger partial charge in [0.15, 0.2) is 10.4 Å². The van der Waals surface area contributed by atoms with Gasteiger partial charge in [-0.05, 0) is 34.5 Å². The lowest BCUT2D eigenvalue weighted by Crippen LogP contribution is -2.42. The Labute approximate surface area is 141 Å². The minimum absolute atomic E-state index is 0.116. The third-order valence-electron chi connectivity index (χ3n) is 3.48. The minimum atomic E-state index is -0.449. The zero-order valence-corrected chi connectivity index (χ0v) is 14.3. The maximum Gasteiger partial charge on any atom is 0.409 e. The van der Waals surface area contributed by atoms with Gasteiger partial charge >= 0.3 is 6.09 Å². The second-order valence-corrected chi connectivity index (χ2v) is 5.76. The molecule has 1 saturated heterocycles. The van der Waals surface area contributed by atoms with Crippen molar-refractivity contribution < 1.29 is 23.5 Å². The van der Waals surface area contributed by atoms with E-state index in [-0.39, 0.29) is 18.2 Å². The second-order valence-electron chi connectivity index (χ2n) is 4.98. The molecule has 2 rings (SSSR count). The summed E-state index contributed by atoms with van der Waals surface area (Å²) in [5.41, 5.74) is 0. The van der Waals surface area contributed by atoms with Crippen LogP contribution in [0.25, 0.3) is 0 Å². The highest BCUT2D eigenvalue weighted by Crippen LogP contribution is 2.13. The Balaban J connectivity index is 1.81. The summed E-state index contributed by atoms with van der Waals surface area (Å²) in [5, 5.41) is 2.52. The van der Waals surface area contributed by atoms with Crippen LogP contribution in [0.2, 0.25) is 0 Å². The summed E-state index contributed by atoms with van der Waals surface area (Å²) in [4.78, 5) is 38.7. The summed E-state index contributed by atoms with van der Waals surface area (Å²) in [5.74, 6) is -0.511. The maximum absolute atomic E-state index is 12.2. The molecule has 0 radical (unpaired) electrons. The van der Waals surface area contributed by atoms with Crippen molar-refractivity contribution in [3.05, 3.63) is 22.6 Å². The number of halogens is 1. The molecule has 0 spiro atoms. The standard InChI is InChI=1S/C14H18BrN3O5/c1-22-14(21)18-6-2-5-17(7-8-18)12(19)9-16-13(20)10-3-4-11(15)23-10/h3-4H,2,5-9H2,1H3,(H,16,20). The SMILES string of the molecule is COC(=O)N1CCCN(C(=O)CNC(=O)c2ccc(Br)o2)CC1. The molecular weight excluding hydrogens is 370 g/mol. The van der Waals surface area contributed by atoms with Gasteiger partial charge < -0.3 is 24.3 Å². The highest BCUT2D eigenvalue weighted by Gasteiger charge is 2.22. The predicted octanol–water partition coefficient (Wildman–Crippen LogP) is 1.07. The molecule has 1 N–H and O–H groups in total. The van der Waals surface area contributed by atoms with Crippen molar-refractivity contribution in [1.82, 2.24) is 15.1 Å². The number of ether oxygens (including phenoxy) is 1. The highest BCUT2D eigenvalue weighted by atomic mass is 79.9. The van der Waals surface area contributed by atoms with Crippen LogP contribution in [0, 0.1) is 0 Å². The van der Waals surface area contributed by atoms with Crippen LogP contribution in [0.4, 0.5) is 4.79 Å². The Morgan fingerprint density at radius 2 is 1.91 bits per heavy atom. The van der Waals surface area contributed by atoms with E-state index in [9.17, 15) is 14.4 Å². The molecule has 0 saturated carbocycles. The lowest BCUT2D eigenvalue weighted by molar-refractivity contribution is -0.130. The number of methoxy groups -OCH3 is 1. The van der Waals surface area contributed by atoms with Crippen LogP contribution in [0.5, 0.6) is 0 Å². The number of furan rings is 1. The molecule has 1 fully saturated rings. The third kappa shape index (κ3) is 4.72. The molecule has 2 heterocycles. The van der Waals surface area contributed by atoms with Crippen molar-refractivity contribution in [1.29, 1.82) is 0 Å². The monoisotopic (exact) mass is 387 g/mol. The van der Waals surface area contributed by atoms with E-state index in [1.54, 1.807) is 15.9 Å². The lowest BCUT2D eigenvalue weighted by Gasteiger charge is -2.21. The second kappa shape index (κ2) is 8.00. The molecule has 1 aliphatic rings. The van der Waals surface area contributed by atoms with Gasteiger partial charge in [0.1, 0.15) is 0 Å². The Hall–Kier alpha value is -2.03. The first-order chi connectivity index (χ1) is 11.0. The summed E-state index contributed by atoms with van der Waals surface area (Å²) in [7, 11) is 1.33. The number of amides is 3. The average molecular weight is 388 g/mol. The van der Waals surface area contributed by atoms with Gasteiger partial charge in [-0.1, -0.05) is 0 Å². The summed E-state index contributed by atoms with van der Waals surface area (Å²) < 4.78 is 10.2. The number of hydrogen-bond donors (Lipinski definition) is 1. The quantitative estimate of drug-likeness (QED) is 0.837. The molecule has 0 aromatic carbocycles. The average Bonchev–Trinajstić information content (AvgIpc) is 2.84. The normalized spacial score (nSPS) is 15.0. The van der Waals surface area contributed by atoms with E-state index in [0.29, 0.717) is 37.3 Å². The van der Waals surface area contributed by atoms with Gasteiger partial charge in [0.05, 0.1) is 13.7 Å². The molecule has 23 heavy (non-hydrogen) atoms. The van der Waals surface area contributed by atoms with Crippen molar-refractivity contribution in [3.63, 3.8) is 0 Å². The van der Waals surface area contributed by atoms with Gasteiger partial charge in [-0.25, -0.2) is 4.79 Å². The van der Waals surface area contributed by atoms with Crippen LogP contribution >= 0.6 is 15.9 Å². The molecule has 1 aliphatic heterocycles. The van der Waals surface area contributed by atoms with E-state index < -0.39 is 12.0 Å². The molecule has 0 bridgehead atoms. The molecule has 0 aliphatic carbocycles. The zero-order chi connectivity index (χ0) is 16.8.